The molecule has 1 amide bonds. The monoisotopic (exact) mass is 503 g/mol. The number of benzene rings is 3. The second kappa shape index (κ2) is 9.42. The second-order valence-electron chi connectivity index (χ2n) is 9.54. The highest BCUT2D eigenvalue weighted by atomic mass is 19.1. The Hall–Kier alpha value is -4.07. The van der Waals surface area contributed by atoms with Gasteiger partial charge in [0.1, 0.15) is 34.9 Å². The van der Waals surface area contributed by atoms with Gasteiger partial charge in [-0.25, -0.2) is 4.39 Å². The Morgan fingerprint density at radius 3 is 2.81 bits per heavy atom. The molecule has 2 atom stereocenters. The SMILES string of the molecule is COC(=O)C[C@@H]1COc2cc(O[C@@H]3CCc4c(Oc5ccc6c(c5)NC(=O)CC6)ccc(F)c43)ccc21. The Labute approximate surface area is 213 Å². The molecule has 0 fully saturated rings. The average molecular weight is 504 g/mol. The van der Waals surface area contributed by atoms with E-state index in [9.17, 15) is 9.59 Å². The van der Waals surface area contributed by atoms with Gasteiger partial charge in [0.05, 0.1) is 20.1 Å². The predicted molar refractivity (Wildman–Crippen MR) is 133 cm³/mol. The summed E-state index contributed by atoms with van der Waals surface area (Å²) in [6.07, 6.45) is 2.18. The molecule has 37 heavy (non-hydrogen) atoms. The van der Waals surface area contributed by atoms with E-state index in [0.29, 0.717) is 60.9 Å². The van der Waals surface area contributed by atoms with E-state index in [4.69, 9.17) is 18.9 Å². The van der Waals surface area contributed by atoms with Crippen molar-refractivity contribution >= 4 is 17.6 Å². The summed E-state index contributed by atoms with van der Waals surface area (Å²) in [6, 6.07) is 14.2. The molecule has 0 saturated heterocycles. The molecule has 6 rings (SSSR count). The van der Waals surface area contributed by atoms with Crippen molar-refractivity contribution in [1.82, 2.24) is 0 Å². The van der Waals surface area contributed by atoms with Gasteiger partial charge < -0.3 is 24.3 Å². The molecule has 1 N–H and O–H groups in total. The summed E-state index contributed by atoms with van der Waals surface area (Å²) < 4.78 is 37.9. The van der Waals surface area contributed by atoms with Crippen LogP contribution in [0.1, 0.15) is 53.5 Å². The number of carbonyl (C=O) groups is 2. The first-order chi connectivity index (χ1) is 18.0. The normalized spacial score (nSPS) is 19.2. The Bertz CT molecular complexity index is 1400. The number of amides is 1. The highest BCUT2D eigenvalue weighted by Crippen LogP contribution is 2.44. The molecule has 8 heteroatoms. The van der Waals surface area contributed by atoms with Crippen molar-refractivity contribution in [2.45, 2.75) is 44.1 Å². The van der Waals surface area contributed by atoms with Crippen molar-refractivity contribution in [2.75, 3.05) is 19.0 Å². The van der Waals surface area contributed by atoms with Gasteiger partial charge in [-0.15, -0.1) is 0 Å². The average Bonchev–Trinajstić information content (AvgIpc) is 3.50. The first-order valence-corrected chi connectivity index (χ1v) is 12.4. The van der Waals surface area contributed by atoms with Gasteiger partial charge in [-0.2, -0.15) is 0 Å². The molecule has 190 valence electrons. The molecule has 3 aromatic rings. The molecule has 0 radical (unpaired) electrons. The van der Waals surface area contributed by atoms with E-state index < -0.39 is 6.10 Å². The lowest BCUT2D eigenvalue weighted by molar-refractivity contribution is -0.141. The van der Waals surface area contributed by atoms with Crippen LogP contribution >= 0.6 is 0 Å². The Morgan fingerprint density at radius 2 is 1.95 bits per heavy atom. The van der Waals surface area contributed by atoms with Gasteiger partial charge in [0, 0.05) is 46.8 Å². The van der Waals surface area contributed by atoms with Crippen LogP contribution in [0.3, 0.4) is 0 Å². The molecule has 7 nitrogen and oxygen atoms in total. The van der Waals surface area contributed by atoms with E-state index in [1.807, 2.05) is 30.3 Å². The summed E-state index contributed by atoms with van der Waals surface area (Å²) in [7, 11) is 1.37. The van der Waals surface area contributed by atoms with Crippen molar-refractivity contribution in [3.63, 3.8) is 0 Å². The zero-order chi connectivity index (χ0) is 25.5. The minimum Gasteiger partial charge on any atom is -0.492 e. The molecule has 1 aliphatic carbocycles. The first kappa shape index (κ1) is 23.3. The molecule has 0 aromatic heterocycles. The second-order valence-corrected chi connectivity index (χ2v) is 9.54. The van der Waals surface area contributed by atoms with Crippen molar-refractivity contribution in [3.8, 4) is 23.0 Å². The summed E-state index contributed by atoms with van der Waals surface area (Å²) in [4.78, 5) is 23.4. The lowest BCUT2D eigenvalue weighted by Gasteiger charge is -2.19. The number of fused-ring (bicyclic) bond motifs is 3. The van der Waals surface area contributed by atoms with E-state index in [-0.39, 0.29) is 30.0 Å². The number of nitrogens with one attached hydrogen (secondary N) is 1. The number of anilines is 1. The lowest BCUT2D eigenvalue weighted by atomic mass is 9.98. The highest BCUT2D eigenvalue weighted by Gasteiger charge is 2.32. The Kier molecular flexibility index (Phi) is 5.94. The molecule has 2 heterocycles. The number of ether oxygens (including phenoxy) is 4. The van der Waals surface area contributed by atoms with Gasteiger partial charge in [0.2, 0.25) is 5.91 Å². The minimum atomic E-state index is -0.466. The van der Waals surface area contributed by atoms with Crippen LogP contribution in [0.25, 0.3) is 0 Å². The molecule has 2 aliphatic heterocycles. The summed E-state index contributed by atoms with van der Waals surface area (Å²) in [6.45, 7) is 0.405. The lowest BCUT2D eigenvalue weighted by Crippen LogP contribution is -2.18. The summed E-state index contributed by atoms with van der Waals surface area (Å²) in [5.41, 5.74) is 4.03. The maximum atomic E-state index is 15.0. The molecular formula is C29H26FNO6. The van der Waals surface area contributed by atoms with Crippen molar-refractivity contribution < 1.29 is 32.9 Å². The van der Waals surface area contributed by atoms with E-state index in [1.165, 1.54) is 13.2 Å². The first-order valence-electron chi connectivity index (χ1n) is 12.4. The number of halogens is 1. The number of carbonyl (C=O) groups excluding carboxylic acids is 2. The van der Waals surface area contributed by atoms with E-state index >= 15 is 4.39 Å². The fourth-order valence-electron chi connectivity index (χ4n) is 5.34. The molecule has 0 spiro atoms. The van der Waals surface area contributed by atoms with Crippen molar-refractivity contribution in [2.24, 2.45) is 0 Å². The maximum absolute atomic E-state index is 15.0. The van der Waals surface area contributed by atoms with E-state index in [2.05, 4.69) is 5.32 Å². The third-order valence-corrected chi connectivity index (χ3v) is 7.23. The van der Waals surface area contributed by atoms with Crippen LogP contribution in [0.5, 0.6) is 23.0 Å². The summed E-state index contributed by atoms with van der Waals surface area (Å²) >= 11 is 0. The number of methoxy groups -OCH3 is 1. The molecular weight excluding hydrogens is 477 g/mol. The fraction of sp³-hybridized carbons (Fsp3) is 0.310. The summed E-state index contributed by atoms with van der Waals surface area (Å²) in [5, 5.41) is 2.88. The quantitative estimate of drug-likeness (QED) is 0.441. The molecule has 3 aliphatic rings. The van der Waals surface area contributed by atoms with Crippen LogP contribution in [0.2, 0.25) is 0 Å². The van der Waals surface area contributed by atoms with Crippen molar-refractivity contribution in [3.05, 3.63) is 76.6 Å². The minimum absolute atomic E-state index is 0.0109. The standard InChI is InChI=1S/C29H26FNO6/c1-34-28(33)12-17-15-35-26-14-19(5-6-20(17)26)37-25-9-7-21-24(10-8-22(30)29(21)25)36-18-4-2-16-3-11-27(32)31-23(16)13-18/h2,4-6,8,10,13-14,17,25H,3,7,9,11-12,15H2,1H3,(H,31,32)/t17-,25-/m1/s1. The number of hydrogen-bond donors (Lipinski definition) is 1. The Morgan fingerprint density at radius 1 is 1.08 bits per heavy atom. The zero-order valence-corrected chi connectivity index (χ0v) is 20.3. The van der Waals surface area contributed by atoms with Gasteiger partial charge in [0.25, 0.3) is 0 Å². The number of esters is 1. The molecule has 0 saturated carbocycles. The van der Waals surface area contributed by atoms with Crippen LogP contribution in [0.15, 0.2) is 48.5 Å². The van der Waals surface area contributed by atoms with E-state index in [0.717, 1.165) is 22.4 Å². The van der Waals surface area contributed by atoms with Crippen molar-refractivity contribution in [1.29, 1.82) is 0 Å². The molecule has 3 aromatic carbocycles. The van der Waals surface area contributed by atoms with Gasteiger partial charge in [-0.1, -0.05) is 12.1 Å². The largest absolute Gasteiger partial charge is 0.492 e. The smallest absolute Gasteiger partial charge is 0.306 e. The third kappa shape index (κ3) is 4.48. The Balaban J connectivity index is 1.21. The topological polar surface area (TPSA) is 83.1 Å². The van der Waals surface area contributed by atoms with Crippen LogP contribution in [-0.4, -0.2) is 25.6 Å². The third-order valence-electron chi connectivity index (χ3n) is 7.23. The summed E-state index contributed by atoms with van der Waals surface area (Å²) in [5.74, 6) is 1.72. The van der Waals surface area contributed by atoms with Crippen LogP contribution in [0.4, 0.5) is 10.1 Å². The van der Waals surface area contributed by atoms with Crippen LogP contribution < -0.4 is 19.5 Å². The predicted octanol–water partition coefficient (Wildman–Crippen LogP) is 5.61. The van der Waals surface area contributed by atoms with E-state index in [1.54, 1.807) is 12.1 Å². The van der Waals surface area contributed by atoms with Crippen LogP contribution in [0, 0.1) is 5.82 Å². The molecule has 0 bridgehead atoms. The van der Waals surface area contributed by atoms with Crippen LogP contribution in [-0.2, 0) is 27.2 Å². The number of rotatable bonds is 6. The highest BCUT2D eigenvalue weighted by molar-refractivity contribution is 5.94. The number of hydrogen-bond acceptors (Lipinski definition) is 6. The number of aryl methyl sites for hydroxylation is 1. The molecule has 0 unspecified atom stereocenters. The van der Waals surface area contributed by atoms with Gasteiger partial charge in [-0.3, -0.25) is 9.59 Å². The fourth-order valence-corrected chi connectivity index (χ4v) is 5.34. The zero-order valence-electron chi connectivity index (χ0n) is 20.3. The van der Waals surface area contributed by atoms with Gasteiger partial charge >= 0.3 is 5.97 Å². The maximum Gasteiger partial charge on any atom is 0.306 e. The van der Waals surface area contributed by atoms with Gasteiger partial charge in [0.15, 0.2) is 0 Å². The van der Waals surface area contributed by atoms with Gasteiger partial charge in [-0.05, 0) is 49.1 Å².